The minimum atomic E-state index is 0.0709. The van der Waals surface area contributed by atoms with Crippen LogP contribution in [0.1, 0.15) is 33.6 Å². The molecule has 0 fully saturated rings. The first kappa shape index (κ1) is 10.9. The van der Waals surface area contributed by atoms with Gasteiger partial charge in [0.05, 0.1) is 12.3 Å². The minimum Gasteiger partial charge on any atom is -0.316 e. The Hall–Kier alpha value is -0.120. The highest BCUT2D eigenvalue weighted by Crippen LogP contribution is 1.99. The molecule has 2 atom stereocenters. The van der Waals surface area contributed by atoms with Gasteiger partial charge in [-0.3, -0.25) is 4.90 Å². The molecule has 0 aromatic rings. The van der Waals surface area contributed by atoms with Crippen LogP contribution in [0.5, 0.6) is 0 Å². The summed E-state index contributed by atoms with van der Waals surface area (Å²) >= 11 is 0. The highest BCUT2D eigenvalue weighted by molar-refractivity contribution is 4.64. The van der Waals surface area contributed by atoms with E-state index in [1.165, 1.54) is 12.8 Å². The van der Waals surface area contributed by atoms with Gasteiger partial charge < -0.3 is 11.5 Å². The summed E-state index contributed by atoms with van der Waals surface area (Å²) in [5, 5.41) is 0. The van der Waals surface area contributed by atoms with E-state index in [-0.39, 0.29) is 12.3 Å². The summed E-state index contributed by atoms with van der Waals surface area (Å²) in [4.78, 5) is 2.10. The smallest absolute Gasteiger partial charge is 0.0556 e. The summed E-state index contributed by atoms with van der Waals surface area (Å²) < 4.78 is 0. The average molecular weight is 159 g/mol. The van der Waals surface area contributed by atoms with Crippen LogP contribution in [0.25, 0.3) is 0 Å². The molecule has 2 unspecified atom stereocenters. The average Bonchev–Trinajstić information content (AvgIpc) is 1.87. The number of rotatable bonds is 5. The second-order valence-corrected chi connectivity index (χ2v) is 3.07. The predicted molar refractivity (Wildman–Crippen MR) is 48.9 cm³/mol. The van der Waals surface area contributed by atoms with Crippen molar-refractivity contribution in [2.24, 2.45) is 11.5 Å². The Morgan fingerprint density at radius 2 is 1.64 bits per heavy atom. The molecule has 3 heteroatoms. The Bertz CT molecular complexity index is 83.3. The van der Waals surface area contributed by atoms with Gasteiger partial charge in [0.25, 0.3) is 0 Å². The number of nitrogens with two attached hydrogens (primary N) is 2. The van der Waals surface area contributed by atoms with Gasteiger partial charge in [-0.25, -0.2) is 0 Å². The zero-order chi connectivity index (χ0) is 8.85. The molecule has 3 nitrogen and oxygen atoms in total. The molecule has 0 aliphatic rings. The first-order valence-corrected chi connectivity index (χ1v) is 4.36. The molecule has 0 aliphatic heterocycles. The molecular formula is C8H21N3. The molecule has 68 valence electrons. The largest absolute Gasteiger partial charge is 0.316 e. The molecule has 0 saturated carbocycles. The topological polar surface area (TPSA) is 55.3 Å². The van der Waals surface area contributed by atoms with Gasteiger partial charge >= 0.3 is 0 Å². The van der Waals surface area contributed by atoms with E-state index < -0.39 is 0 Å². The van der Waals surface area contributed by atoms with E-state index in [1.807, 2.05) is 13.8 Å². The van der Waals surface area contributed by atoms with Gasteiger partial charge in [0.2, 0.25) is 0 Å². The van der Waals surface area contributed by atoms with Gasteiger partial charge in [0, 0.05) is 6.54 Å². The molecule has 0 radical (unpaired) electrons. The van der Waals surface area contributed by atoms with E-state index >= 15 is 0 Å². The lowest BCUT2D eigenvalue weighted by Crippen LogP contribution is -2.49. The van der Waals surface area contributed by atoms with Crippen molar-refractivity contribution in [3.8, 4) is 0 Å². The third-order valence-corrected chi connectivity index (χ3v) is 1.82. The van der Waals surface area contributed by atoms with E-state index in [1.54, 1.807) is 0 Å². The Balaban J connectivity index is 3.70. The van der Waals surface area contributed by atoms with Crippen molar-refractivity contribution >= 4 is 0 Å². The SMILES string of the molecule is CCCCN(C(C)N)C(C)N. The second kappa shape index (κ2) is 5.52. The zero-order valence-electron chi connectivity index (χ0n) is 7.88. The van der Waals surface area contributed by atoms with Gasteiger partial charge in [-0.1, -0.05) is 13.3 Å². The van der Waals surface area contributed by atoms with Crippen LogP contribution < -0.4 is 11.5 Å². The molecule has 0 aliphatic carbocycles. The molecule has 0 rings (SSSR count). The monoisotopic (exact) mass is 159 g/mol. The van der Waals surface area contributed by atoms with Crippen LogP contribution in [0.2, 0.25) is 0 Å². The van der Waals surface area contributed by atoms with E-state index in [4.69, 9.17) is 11.5 Å². The fourth-order valence-electron chi connectivity index (χ4n) is 1.12. The summed E-state index contributed by atoms with van der Waals surface area (Å²) in [6.07, 6.45) is 2.50. The van der Waals surface area contributed by atoms with Gasteiger partial charge in [-0.2, -0.15) is 0 Å². The molecule has 0 bridgehead atoms. The molecule has 0 amide bonds. The maximum absolute atomic E-state index is 5.72. The van der Waals surface area contributed by atoms with E-state index in [0.717, 1.165) is 6.54 Å². The summed E-state index contributed by atoms with van der Waals surface area (Å²) in [6.45, 7) is 7.12. The minimum absolute atomic E-state index is 0.0709. The summed E-state index contributed by atoms with van der Waals surface area (Å²) in [6, 6.07) is 0. The lowest BCUT2D eigenvalue weighted by atomic mass is 10.3. The van der Waals surface area contributed by atoms with Crippen molar-refractivity contribution in [3.05, 3.63) is 0 Å². The molecular weight excluding hydrogens is 138 g/mol. The van der Waals surface area contributed by atoms with Crippen LogP contribution in [0.3, 0.4) is 0 Å². The van der Waals surface area contributed by atoms with Crippen molar-refractivity contribution in [2.45, 2.75) is 45.9 Å². The van der Waals surface area contributed by atoms with Crippen LogP contribution in [0, 0.1) is 0 Å². The Morgan fingerprint density at radius 1 is 1.18 bits per heavy atom. The standard InChI is InChI=1S/C8H21N3/c1-4-5-6-11(7(2)9)8(3)10/h7-8H,4-6,9-10H2,1-3H3. The van der Waals surface area contributed by atoms with Gasteiger partial charge in [0.1, 0.15) is 0 Å². The molecule has 11 heavy (non-hydrogen) atoms. The zero-order valence-corrected chi connectivity index (χ0v) is 7.88. The van der Waals surface area contributed by atoms with Crippen molar-refractivity contribution in [1.82, 2.24) is 4.90 Å². The van der Waals surface area contributed by atoms with E-state index in [2.05, 4.69) is 11.8 Å². The second-order valence-electron chi connectivity index (χ2n) is 3.07. The fourth-order valence-corrected chi connectivity index (χ4v) is 1.12. The maximum atomic E-state index is 5.72. The number of hydrogen-bond donors (Lipinski definition) is 2. The molecule has 0 spiro atoms. The number of unbranched alkanes of at least 4 members (excludes halogenated alkanes) is 1. The lowest BCUT2D eigenvalue weighted by Gasteiger charge is -2.29. The first-order chi connectivity index (χ1) is 5.09. The maximum Gasteiger partial charge on any atom is 0.0556 e. The van der Waals surface area contributed by atoms with Crippen molar-refractivity contribution in [2.75, 3.05) is 6.54 Å². The van der Waals surface area contributed by atoms with Crippen LogP contribution in [0.15, 0.2) is 0 Å². The van der Waals surface area contributed by atoms with E-state index in [0.29, 0.717) is 0 Å². The third kappa shape index (κ3) is 4.35. The Kier molecular flexibility index (Phi) is 5.46. The van der Waals surface area contributed by atoms with Crippen molar-refractivity contribution < 1.29 is 0 Å². The quantitative estimate of drug-likeness (QED) is 0.580. The Morgan fingerprint density at radius 3 is 1.91 bits per heavy atom. The summed E-state index contributed by atoms with van der Waals surface area (Å²) in [5.41, 5.74) is 11.4. The molecule has 4 N–H and O–H groups in total. The molecule has 0 saturated heterocycles. The van der Waals surface area contributed by atoms with Gasteiger partial charge in [-0.15, -0.1) is 0 Å². The summed E-state index contributed by atoms with van der Waals surface area (Å²) in [5.74, 6) is 0. The summed E-state index contributed by atoms with van der Waals surface area (Å²) in [7, 11) is 0. The van der Waals surface area contributed by atoms with Crippen molar-refractivity contribution in [1.29, 1.82) is 0 Å². The molecule has 0 aromatic heterocycles. The van der Waals surface area contributed by atoms with E-state index in [9.17, 15) is 0 Å². The van der Waals surface area contributed by atoms with Gasteiger partial charge in [0.15, 0.2) is 0 Å². The highest BCUT2D eigenvalue weighted by atomic mass is 15.3. The number of hydrogen-bond acceptors (Lipinski definition) is 3. The highest BCUT2D eigenvalue weighted by Gasteiger charge is 2.11. The lowest BCUT2D eigenvalue weighted by molar-refractivity contribution is 0.157. The predicted octanol–water partition coefficient (Wildman–Crippen LogP) is 0.698. The Labute approximate surface area is 69.7 Å². The van der Waals surface area contributed by atoms with Crippen LogP contribution >= 0.6 is 0 Å². The van der Waals surface area contributed by atoms with Crippen molar-refractivity contribution in [3.63, 3.8) is 0 Å². The fraction of sp³-hybridized carbons (Fsp3) is 1.00. The number of nitrogens with zero attached hydrogens (tertiary/aromatic N) is 1. The molecule has 0 heterocycles. The normalized spacial score (nSPS) is 16.9. The van der Waals surface area contributed by atoms with Crippen LogP contribution in [0.4, 0.5) is 0 Å². The van der Waals surface area contributed by atoms with Crippen LogP contribution in [-0.2, 0) is 0 Å². The van der Waals surface area contributed by atoms with Gasteiger partial charge in [-0.05, 0) is 20.3 Å². The third-order valence-electron chi connectivity index (χ3n) is 1.82. The molecule has 0 aromatic carbocycles. The first-order valence-electron chi connectivity index (χ1n) is 4.36. The van der Waals surface area contributed by atoms with Crippen LogP contribution in [-0.4, -0.2) is 23.8 Å².